The Morgan fingerprint density at radius 3 is 2.75 bits per heavy atom. The molecule has 4 heteroatoms. The molecule has 2 aliphatic rings. The van der Waals surface area contributed by atoms with Gasteiger partial charge < -0.3 is 15.4 Å². The molecule has 2 rings (SSSR count). The molecular formula is C12H22N2O2. The van der Waals surface area contributed by atoms with E-state index >= 15 is 0 Å². The molecule has 0 radical (unpaired) electrons. The van der Waals surface area contributed by atoms with Crippen LogP contribution in [0.4, 0.5) is 0 Å². The zero-order valence-electron chi connectivity index (χ0n) is 10.00. The van der Waals surface area contributed by atoms with E-state index in [0.29, 0.717) is 6.04 Å². The summed E-state index contributed by atoms with van der Waals surface area (Å²) in [5, 5.41) is 6.30. The third kappa shape index (κ3) is 3.19. The Morgan fingerprint density at radius 2 is 2.12 bits per heavy atom. The molecule has 2 N–H and O–H groups in total. The maximum atomic E-state index is 11.8. The summed E-state index contributed by atoms with van der Waals surface area (Å²) in [5.74, 6) is 0.0544. The normalized spacial score (nSPS) is 28.2. The summed E-state index contributed by atoms with van der Waals surface area (Å²) in [6.45, 7) is 3.73. The first kappa shape index (κ1) is 11.9. The van der Waals surface area contributed by atoms with Crippen LogP contribution < -0.4 is 10.6 Å². The van der Waals surface area contributed by atoms with Crippen molar-refractivity contribution in [1.29, 1.82) is 0 Å². The first-order chi connectivity index (χ1) is 7.75. The van der Waals surface area contributed by atoms with Gasteiger partial charge in [0, 0.05) is 12.6 Å². The fourth-order valence-corrected chi connectivity index (χ4v) is 2.48. The van der Waals surface area contributed by atoms with Crippen molar-refractivity contribution in [2.45, 2.75) is 57.3 Å². The van der Waals surface area contributed by atoms with Crippen LogP contribution in [0.3, 0.4) is 0 Å². The van der Waals surface area contributed by atoms with Gasteiger partial charge in [-0.15, -0.1) is 0 Å². The Morgan fingerprint density at radius 1 is 1.38 bits per heavy atom. The minimum absolute atomic E-state index is 0.0544. The van der Waals surface area contributed by atoms with Crippen molar-refractivity contribution in [3.8, 4) is 0 Å². The number of ether oxygens (including phenoxy) is 1. The van der Waals surface area contributed by atoms with Crippen LogP contribution in [0, 0.1) is 0 Å². The van der Waals surface area contributed by atoms with E-state index < -0.39 is 0 Å². The van der Waals surface area contributed by atoms with Crippen LogP contribution in [0.1, 0.15) is 39.0 Å². The van der Waals surface area contributed by atoms with Gasteiger partial charge in [-0.1, -0.05) is 12.8 Å². The summed E-state index contributed by atoms with van der Waals surface area (Å²) < 4.78 is 5.71. The van der Waals surface area contributed by atoms with E-state index in [0.717, 1.165) is 32.4 Å². The van der Waals surface area contributed by atoms with E-state index in [-0.39, 0.29) is 18.1 Å². The lowest BCUT2D eigenvalue weighted by molar-refractivity contribution is -0.135. The Hall–Kier alpha value is -0.610. The summed E-state index contributed by atoms with van der Waals surface area (Å²) in [4.78, 5) is 11.8. The standard InChI is InChI=1S/C12H22N2O2/c1-9(16-11-6-7-13-8-11)12(15)14-10-4-2-3-5-10/h9-11,13H,2-8H2,1H3,(H,14,15). The first-order valence-corrected chi connectivity index (χ1v) is 6.42. The minimum Gasteiger partial charge on any atom is -0.364 e. The highest BCUT2D eigenvalue weighted by Gasteiger charge is 2.24. The predicted molar refractivity (Wildman–Crippen MR) is 62.2 cm³/mol. The molecule has 0 aromatic rings. The molecule has 0 spiro atoms. The van der Waals surface area contributed by atoms with E-state index in [1.165, 1.54) is 12.8 Å². The average molecular weight is 226 g/mol. The van der Waals surface area contributed by atoms with Gasteiger partial charge in [0.15, 0.2) is 0 Å². The molecule has 0 aromatic heterocycles. The lowest BCUT2D eigenvalue weighted by Crippen LogP contribution is -2.41. The largest absolute Gasteiger partial charge is 0.364 e. The lowest BCUT2D eigenvalue weighted by atomic mass is 10.2. The van der Waals surface area contributed by atoms with E-state index in [1.807, 2.05) is 6.92 Å². The molecular weight excluding hydrogens is 204 g/mol. The van der Waals surface area contributed by atoms with Crippen LogP contribution >= 0.6 is 0 Å². The Labute approximate surface area is 97.1 Å². The quantitative estimate of drug-likeness (QED) is 0.746. The van der Waals surface area contributed by atoms with Crippen molar-refractivity contribution in [2.75, 3.05) is 13.1 Å². The van der Waals surface area contributed by atoms with Crippen LogP contribution in [0.15, 0.2) is 0 Å². The maximum absolute atomic E-state index is 11.8. The summed E-state index contributed by atoms with van der Waals surface area (Å²) >= 11 is 0. The predicted octanol–water partition coefficient (Wildman–Crippen LogP) is 0.812. The van der Waals surface area contributed by atoms with Crippen LogP contribution in [0.25, 0.3) is 0 Å². The number of amides is 1. The number of nitrogens with one attached hydrogen (secondary N) is 2. The van der Waals surface area contributed by atoms with E-state index in [1.54, 1.807) is 0 Å². The Bertz CT molecular complexity index is 233. The van der Waals surface area contributed by atoms with E-state index in [9.17, 15) is 4.79 Å². The van der Waals surface area contributed by atoms with Gasteiger partial charge in [0.2, 0.25) is 5.91 Å². The second-order valence-corrected chi connectivity index (χ2v) is 4.88. The van der Waals surface area contributed by atoms with Gasteiger partial charge >= 0.3 is 0 Å². The number of rotatable bonds is 4. The molecule has 16 heavy (non-hydrogen) atoms. The number of carbonyl (C=O) groups is 1. The third-order valence-corrected chi connectivity index (χ3v) is 3.48. The Balaban J connectivity index is 1.70. The molecule has 0 bridgehead atoms. The fourth-order valence-electron chi connectivity index (χ4n) is 2.48. The van der Waals surface area contributed by atoms with Crippen molar-refractivity contribution in [3.63, 3.8) is 0 Å². The smallest absolute Gasteiger partial charge is 0.249 e. The molecule has 1 saturated carbocycles. The number of carbonyl (C=O) groups excluding carboxylic acids is 1. The van der Waals surface area contributed by atoms with Gasteiger partial charge in [0.25, 0.3) is 0 Å². The molecule has 1 amide bonds. The van der Waals surface area contributed by atoms with Gasteiger partial charge in [0.05, 0.1) is 6.10 Å². The first-order valence-electron chi connectivity index (χ1n) is 6.42. The zero-order valence-corrected chi connectivity index (χ0v) is 10.00. The van der Waals surface area contributed by atoms with Crippen molar-refractivity contribution in [2.24, 2.45) is 0 Å². The Kier molecular flexibility index (Phi) is 4.18. The molecule has 1 saturated heterocycles. The van der Waals surface area contributed by atoms with Gasteiger partial charge in [-0.25, -0.2) is 0 Å². The van der Waals surface area contributed by atoms with Gasteiger partial charge in [0.1, 0.15) is 6.10 Å². The van der Waals surface area contributed by atoms with E-state index in [2.05, 4.69) is 10.6 Å². The zero-order chi connectivity index (χ0) is 11.4. The number of hydrogen-bond acceptors (Lipinski definition) is 3. The highest BCUT2D eigenvalue weighted by atomic mass is 16.5. The molecule has 0 aromatic carbocycles. The highest BCUT2D eigenvalue weighted by Crippen LogP contribution is 2.18. The van der Waals surface area contributed by atoms with Crippen LogP contribution in [0.2, 0.25) is 0 Å². The molecule has 2 unspecified atom stereocenters. The monoisotopic (exact) mass is 226 g/mol. The van der Waals surface area contributed by atoms with Crippen molar-refractivity contribution >= 4 is 5.91 Å². The average Bonchev–Trinajstić information content (AvgIpc) is 2.90. The molecule has 2 atom stereocenters. The minimum atomic E-state index is -0.314. The lowest BCUT2D eigenvalue weighted by Gasteiger charge is -2.20. The number of hydrogen-bond donors (Lipinski definition) is 2. The molecule has 92 valence electrons. The fraction of sp³-hybridized carbons (Fsp3) is 0.917. The summed E-state index contributed by atoms with van der Waals surface area (Å²) in [6, 6.07) is 0.389. The van der Waals surface area contributed by atoms with E-state index in [4.69, 9.17) is 4.74 Å². The van der Waals surface area contributed by atoms with Gasteiger partial charge in [-0.3, -0.25) is 4.79 Å². The molecule has 2 fully saturated rings. The maximum Gasteiger partial charge on any atom is 0.249 e. The second kappa shape index (κ2) is 5.64. The topological polar surface area (TPSA) is 50.4 Å². The highest BCUT2D eigenvalue weighted by molar-refractivity contribution is 5.80. The second-order valence-electron chi connectivity index (χ2n) is 4.88. The summed E-state index contributed by atoms with van der Waals surface area (Å²) in [6.07, 6.45) is 5.66. The van der Waals surface area contributed by atoms with Gasteiger partial charge in [-0.2, -0.15) is 0 Å². The van der Waals surface area contributed by atoms with Crippen molar-refractivity contribution in [1.82, 2.24) is 10.6 Å². The summed E-state index contributed by atoms with van der Waals surface area (Å²) in [7, 11) is 0. The van der Waals surface area contributed by atoms with Crippen LogP contribution in [-0.4, -0.2) is 37.2 Å². The van der Waals surface area contributed by atoms with Crippen molar-refractivity contribution in [3.05, 3.63) is 0 Å². The van der Waals surface area contributed by atoms with Crippen molar-refractivity contribution < 1.29 is 9.53 Å². The molecule has 1 aliphatic carbocycles. The van der Waals surface area contributed by atoms with Crippen LogP contribution in [0.5, 0.6) is 0 Å². The van der Waals surface area contributed by atoms with Crippen LogP contribution in [-0.2, 0) is 9.53 Å². The molecule has 1 aliphatic heterocycles. The summed E-state index contributed by atoms with van der Waals surface area (Å²) in [5.41, 5.74) is 0. The third-order valence-electron chi connectivity index (χ3n) is 3.48. The molecule has 1 heterocycles. The van der Waals surface area contributed by atoms with Gasteiger partial charge in [-0.05, 0) is 32.7 Å². The SMILES string of the molecule is CC(OC1CCNC1)C(=O)NC1CCCC1. The molecule has 4 nitrogen and oxygen atoms in total.